The SMILES string of the molecule is [CH3][Ge]1([CH3])[c]2ccccc2[C@@H]2C=C[C@H]1n1c(=O)n(-c3ccccc3)c(=O)n12. The average molecular weight is 406 g/mol. The molecule has 6 heteroatoms. The zero-order valence-electron chi connectivity index (χ0n) is 14.7. The predicted octanol–water partition coefficient (Wildman–Crippen LogP) is 1.97. The van der Waals surface area contributed by atoms with E-state index in [1.165, 1.54) is 8.96 Å². The Kier molecular flexibility index (Phi) is 3.16. The number of allylic oxidation sites excluding steroid dienone is 2. The van der Waals surface area contributed by atoms with Crippen LogP contribution in [0.5, 0.6) is 0 Å². The van der Waals surface area contributed by atoms with Crippen LogP contribution in [-0.4, -0.2) is 27.2 Å². The van der Waals surface area contributed by atoms with E-state index in [1.54, 1.807) is 21.5 Å². The Morgan fingerprint density at radius 2 is 1.46 bits per heavy atom. The molecule has 0 spiro atoms. The third-order valence-electron chi connectivity index (χ3n) is 5.74. The maximum atomic E-state index is 13.3. The van der Waals surface area contributed by atoms with Gasteiger partial charge in [0.2, 0.25) is 0 Å². The van der Waals surface area contributed by atoms with Crippen LogP contribution in [0.15, 0.2) is 76.3 Å². The molecule has 2 bridgehead atoms. The maximum absolute atomic E-state index is 13.3. The van der Waals surface area contributed by atoms with Gasteiger partial charge in [-0.05, 0) is 0 Å². The van der Waals surface area contributed by atoms with Gasteiger partial charge in [0.25, 0.3) is 0 Å². The Labute approximate surface area is 153 Å². The molecule has 5 nitrogen and oxygen atoms in total. The molecule has 1 aromatic heterocycles. The minimum atomic E-state index is -2.65. The van der Waals surface area contributed by atoms with Crippen molar-refractivity contribution in [2.75, 3.05) is 0 Å². The molecule has 4 heterocycles. The molecule has 0 saturated carbocycles. The Morgan fingerprint density at radius 3 is 2.23 bits per heavy atom. The summed E-state index contributed by atoms with van der Waals surface area (Å²) in [6.45, 7) is 0. The van der Waals surface area contributed by atoms with Crippen molar-refractivity contribution in [3.05, 3.63) is 93.3 Å². The molecule has 6 rings (SSSR count). The number of para-hydroxylation sites is 1. The van der Waals surface area contributed by atoms with Crippen LogP contribution in [-0.2, 0) is 0 Å². The van der Waals surface area contributed by atoms with Gasteiger partial charge in [0.15, 0.2) is 0 Å². The molecule has 2 atom stereocenters. The fourth-order valence-electron chi connectivity index (χ4n) is 4.43. The molecule has 0 saturated heterocycles. The molecule has 0 aliphatic carbocycles. The molecule has 2 aromatic carbocycles. The van der Waals surface area contributed by atoms with E-state index in [9.17, 15) is 9.59 Å². The number of aromatic nitrogens is 3. The van der Waals surface area contributed by atoms with Crippen LogP contribution >= 0.6 is 0 Å². The van der Waals surface area contributed by atoms with Crippen molar-refractivity contribution in [1.82, 2.24) is 13.9 Å². The standard InChI is InChI=1S/C20H19GeN3O2/c1-21(2)16-11-7-6-10-15(16)17-12-13-18(21)24-20(26)22(19(25)23(17)24)14-8-4-3-5-9-14/h3-13,17-18H,1-2H3/t17-,18+/m0/s1. The summed E-state index contributed by atoms with van der Waals surface area (Å²) in [5.41, 5.74) is 1.27. The molecule has 0 unspecified atom stereocenters. The van der Waals surface area contributed by atoms with Gasteiger partial charge in [0.1, 0.15) is 0 Å². The van der Waals surface area contributed by atoms with Crippen LogP contribution < -0.4 is 15.8 Å². The third-order valence-corrected chi connectivity index (χ3v) is 13.6. The molecule has 0 radical (unpaired) electrons. The van der Waals surface area contributed by atoms with E-state index in [0.717, 1.165) is 5.56 Å². The van der Waals surface area contributed by atoms with E-state index >= 15 is 0 Å². The van der Waals surface area contributed by atoms with Gasteiger partial charge < -0.3 is 0 Å². The van der Waals surface area contributed by atoms with E-state index in [4.69, 9.17) is 0 Å². The summed E-state index contributed by atoms with van der Waals surface area (Å²) >= 11 is -2.65. The minimum absolute atomic E-state index is 0.0277. The number of benzene rings is 2. The number of hydrogen-bond acceptors (Lipinski definition) is 2. The van der Waals surface area contributed by atoms with Gasteiger partial charge in [-0.3, -0.25) is 0 Å². The first-order valence-corrected chi connectivity index (χ1v) is 15.3. The topological polar surface area (TPSA) is 48.9 Å². The molecule has 0 N–H and O–H groups in total. The molecule has 130 valence electrons. The fourth-order valence-corrected chi connectivity index (χ4v) is 11.3. The van der Waals surface area contributed by atoms with Gasteiger partial charge in [-0.2, -0.15) is 0 Å². The van der Waals surface area contributed by atoms with E-state index in [0.29, 0.717) is 5.69 Å². The summed E-state index contributed by atoms with van der Waals surface area (Å²) in [6, 6.07) is 17.3. The monoisotopic (exact) mass is 407 g/mol. The van der Waals surface area contributed by atoms with Crippen LogP contribution in [0.3, 0.4) is 0 Å². The summed E-state index contributed by atoms with van der Waals surface area (Å²) in [4.78, 5) is 26.6. The van der Waals surface area contributed by atoms with Crippen molar-refractivity contribution in [2.24, 2.45) is 0 Å². The second-order valence-electron chi connectivity index (χ2n) is 7.51. The molecule has 3 aliphatic heterocycles. The third kappa shape index (κ3) is 1.86. The van der Waals surface area contributed by atoms with Crippen molar-refractivity contribution in [2.45, 2.75) is 22.4 Å². The van der Waals surface area contributed by atoms with E-state index < -0.39 is 13.3 Å². The zero-order valence-corrected chi connectivity index (χ0v) is 16.8. The molecule has 0 fully saturated rings. The van der Waals surface area contributed by atoms with Crippen LogP contribution in [0.4, 0.5) is 0 Å². The predicted molar refractivity (Wildman–Crippen MR) is 104 cm³/mol. The van der Waals surface area contributed by atoms with E-state index in [2.05, 4.69) is 41.9 Å². The van der Waals surface area contributed by atoms with Crippen LogP contribution in [0.1, 0.15) is 16.5 Å². The van der Waals surface area contributed by atoms with Crippen LogP contribution in [0, 0.1) is 0 Å². The van der Waals surface area contributed by atoms with E-state index in [1.807, 2.05) is 24.3 Å². The molecule has 3 aromatic rings. The summed E-state index contributed by atoms with van der Waals surface area (Å²) in [5, 5.41) is 0. The zero-order chi connectivity index (χ0) is 18.1. The molecular weight excluding hydrogens is 387 g/mol. The fraction of sp³-hybridized carbons (Fsp3) is 0.200. The molecule has 3 aliphatic rings. The summed E-state index contributed by atoms with van der Waals surface area (Å²) < 4.78 is 6.06. The van der Waals surface area contributed by atoms with Crippen LogP contribution in [0.2, 0.25) is 11.5 Å². The van der Waals surface area contributed by atoms with Gasteiger partial charge in [-0.15, -0.1) is 0 Å². The first kappa shape index (κ1) is 15.7. The first-order chi connectivity index (χ1) is 12.5. The Bertz CT molecular complexity index is 1170. The van der Waals surface area contributed by atoms with Crippen molar-refractivity contribution >= 4 is 17.7 Å². The van der Waals surface area contributed by atoms with Gasteiger partial charge >= 0.3 is 153 Å². The Morgan fingerprint density at radius 1 is 0.808 bits per heavy atom. The van der Waals surface area contributed by atoms with Crippen molar-refractivity contribution in [3.63, 3.8) is 0 Å². The second-order valence-corrected chi connectivity index (χ2v) is 17.1. The average Bonchev–Trinajstić information content (AvgIpc) is 2.82. The number of hydrogen-bond donors (Lipinski definition) is 0. The quantitative estimate of drug-likeness (QED) is 0.459. The molecular formula is C20H19GeN3O2. The van der Waals surface area contributed by atoms with Crippen molar-refractivity contribution in [1.29, 1.82) is 0 Å². The summed E-state index contributed by atoms with van der Waals surface area (Å²) in [7, 11) is 0. The summed E-state index contributed by atoms with van der Waals surface area (Å²) in [6.07, 6.45) is 4.25. The first-order valence-electron chi connectivity index (χ1n) is 8.81. The van der Waals surface area contributed by atoms with Gasteiger partial charge in [0.05, 0.1) is 0 Å². The number of nitrogens with zero attached hydrogens (tertiary/aromatic N) is 3. The molecule has 0 amide bonds. The Balaban J connectivity index is 1.89. The number of rotatable bonds is 1. The van der Waals surface area contributed by atoms with Crippen molar-refractivity contribution in [3.8, 4) is 5.69 Å². The summed E-state index contributed by atoms with van der Waals surface area (Å²) in [5.74, 6) is 4.64. The second kappa shape index (κ2) is 5.23. The van der Waals surface area contributed by atoms with Crippen molar-refractivity contribution < 1.29 is 0 Å². The molecule has 26 heavy (non-hydrogen) atoms. The van der Waals surface area contributed by atoms with Gasteiger partial charge in [0, 0.05) is 0 Å². The normalized spacial score (nSPS) is 21.9. The van der Waals surface area contributed by atoms with Gasteiger partial charge in [-0.1, -0.05) is 0 Å². The van der Waals surface area contributed by atoms with Gasteiger partial charge in [-0.25, -0.2) is 0 Å². The van der Waals surface area contributed by atoms with E-state index in [-0.39, 0.29) is 22.3 Å². The van der Waals surface area contributed by atoms with Crippen LogP contribution in [0.25, 0.3) is 5.69 Å². The Hall–Kier alpha value is -2.54.